The first-order valence-electron chi connectivity index (χ1n) is 7.51. The lowest BCUT2D eigenvalue weighted by Crippen LogP contribution is -2.10. The van der Waals surface area contributed by atoms with E-state index >= 15 is 0 Å². The van der Waals surface area contributed by atoms with Crippen molar-refractivity contribution in [2.75, 3.05) is 16.4 Å². The number of alkyl halides is 3. The Morgan fingerprint density at radius 3 is 2.22 bits per heavy atom. The molecule has 1 aromatic heterocycles. The van der Waals surface area contributed by atoms with Crippen molar-refractivity contribution in [3.05, 3.63) is 64.4 Å². The second kappa shape index (κ2) is 7.50. The van der Waals surface area contributed by atoms with Crippen LogP contribution in [-0.4, -0.2) is 9.97 Å². The van der Waals surface area contributed by atoms with Gasteiger partial charge in [0.05, 0.1) is 21.3 Å². The highest BCUT2D eigenvalue weighted by Crippen LogP contribution is 2.37. The first-order chi connectivity index (χ1) is 12.8. The van der Waals surface area contributed by atoms with Crippen molar-refractivity contribution in [3.8, 4) is 0 Å². The molecule has 0 fully saturated rings. The van der Waals surface area contributed by atoms with Crippen molar-refractivity contribution in [1.82, 2.24) is 9.97 Å². The summed E-state index contributed by atoms with van der Waals surface area (Å²) in [5, 5.41) is 6.24. The van der Waals surface area contributed by atoms with E-state index in [0.29, 0.717) is 15.7 Å². The molecular weight excluding hydrogens is 402 g/mol. The quantitative estimate of drug-likeness (QED) is 0.498. The highest BCUT2D eigenvalue weighted by atomic mass is 35.5. The Balaban J connectivity index is 1.91. The van der Waals surface area contributed by atoms with E-state index in [4.69, 9.17) is 28.9 Å². The zero-order chi connectivity index (χ0) is 19.6. The second-order valence-electron chi connectivity index (χ2n) is 5.41. The first-order valence-corrected chi connectivity index (χ1v) is 8.27. The summed E-state index contributed by atoms with van der Waals surface area (Å²) < 4.78 is 39.4. The van der Waals surface area contributed by atoms with Crippen molar-refractivity contribution >= 4 is 51.9 Å². The summed E-state index contributed by atoms with van der Waals surface area (Å²) >= 11 is 11.8. The molecule has 0 bridgehead atoms. The maximum absolute atomic E-state index is 13.1. The predicted molar refractivity (Wildman–Crippen MR) is 101 cm³/mol. The second-order valence-corrected chi connectivity index (χ2v) is 6.22. The summed E-state index contributed by atoms with van der Waals surface area (Å²) in [7, 11) is 0. The summed E-state index contributed by atoms with van der Waals surface area (Å²) in [6.07, 6.45) is -3.35. The van der Waals surface area contributed by atoms with E-state index in [2.05, 4.69) is 20.6 Å². The molecule has 3 aromatic rings. The number of nitrogens with one attached hydrogen (secondary N) is 2. The number of nitrogens with zero attached hydrogens (tertiary/aromatic N) is 2. The molecule has 0 radical (unpaired) electrons. The Labute approximate surface area is 162 Å². The Hall–Kier alpha value is -2.71. The van der Waals surface area contributed by atoms with Gasteiger partial charge in [-0.1, -0.05) is 35.3 Å². The summed E-state index contributed by atoms with van der Waals surface area (Å²) in [4.78, 5) is 7.94. The average Bonchev–Trinajstić information content (AvgIpc) is 2.61. The van der Waals surface area contributed by atoms with Gasteiger partial charge in [-0.2, -0.15) is 13.2 Å². The van der Waals surface area contributed by atoms with E-state index in [-0.39, 0.29) is 23.0 Å². The van der Waals surface area contributed by atoms with Crippen molar-refractivity contribution in [2.45, 2.75) is 6.18 Å². The number of anilines is 5. The summed E-state index contributed by atoms with van der Waals surface area (Å²) in [5.41, 5.74) is 5.61. The highest BCUT2D eigenvalue weighted by molar-refractivity contribution is 6.42. The van der Waals surface area contributed by atoms with Gasteiger partial charge in [-0.3, -0.25) is 0 Å². The van der Waals surface area contributed by atoms with Gasteiger partial charge in [0.25, 0.3) is 0 Å². The molecule has 0 aliphatic rings. The Morgan fingerprint density at radius 2 is 1.56 bits per heavy atom. The number of halogens is 5. The molecule has 0 amide bonds. The Bertz CT molecular complexity index is 979. The van der Waals surface area contributed by atoms with E-state index in [1.54, 1.807) is 18.2 Å². The van der Waals surface area contributed by atoms with Crippen molar-refractivity contribution in [3.63, 3.8) is 0 Å². The molecular formula is C17H12Cl2F3N5. The molecule has 0 aliphatic heterocycles. The van der Waals surface area contributed by atoms with E-state index in [0.717, 1.165) is 6.07 Å². The van der Waals surface area contributed by atoms with Crippen LogP contribution in [0.5, 0.6) is 0 Å². The molecule has 0 atom stereocenters. The molecule has 5 nitrogen and oxygen atoms in total. The number of hydrogen-bond acceptors (Lipinski definition) is 5. The topological polar surface area (TPSA) is 75.9 Å². The molecule has 0 aliphatic carbocycles. The largest absolute Gasteiger partial charge is 0.418 e. The predicted octanol–water partition coefficient (Wildman–Crippen LogP) is 5.87. The number of nitrogens with two attached hydrogens (primary N) is 1. The number of nitrogen functional groups attached to an aromatic ring is 1. The molecule has 1 heterocycles. The smallest absolute Gasteiger partial charge is 0.393 e. The van der Waals surface area contributed by atoms with Gasteiger partial charge in [0, 0.05) is 5.69 Å². The summed E-state index contributed by atoms with van der Waals surface area (Å²) in [5.74, 6) is 0.236. The molecule has 0 unspecified atom stereocenters. The zero-order valence-corrected chi connectivity index (χ0v) is 15.0. The lowest BCUT2D eigenvalue weighted by molar-refractivity contribution is -0.136. The maximum Gasteiger partial charge on any atom is 0.418 e. The summed E-state index contributed by atoms with van der Waals surface area (Å²) in [6, 6.07) is 9.84. The normalized spacial score (nSPS) is 11.3. The standard InChI is InChI=1S/C17H12Cl2F3N5/c18-11-6-5-9(7-12(11)19)26-15-14(23)16(25-8-24-15)27-13-4-2-1-3-10(13)17(20,21)22/h1-8H,23H2,(H2,24,25,26,27). The SMILES string of the molecule is Nc1c(Nc2ccc(Cl)c(Cl)c2)ncnc1Nc1ccccc1C(F)(F)F. The van der Waals surface area contributed by atoms with Crippen LogP contribution in [0.1, 0.15) is 5.56 Å². The molecule has 3 rings (SSSR count). The maximum atomic E-state index is 13.1. The van der Waals surface area contributed by atoms with Crippen molar-refractivity contribution < 1.29 is 13.2 Å². The molecule has 0 saturated carbocycles. The van der Waals surface area contributed by atoms with Crippen LogP contribution in [0.4, 0.5) is 41.9 Å². The van der Waals surface area contributed by atoms with Gasteiger partial charge in [0.2, 0.25) is 0 Å². The van der Waals surface area contributed by atoms with Gasteiger partial charge in [0.15, 0.2) is 11.6 Å². The van der Waals surface area contributed by atoms with Crippen molar-refractivity contribution in [1.29, 1.82) is 0 Å². The van der Waals surface area contributed by atoms with Crippen molar-refractivity contribution in [2.24, 2.45) is 0 Å². The van der Waals surface area contributed by atoms with Crippen LogP contribution >= 0.6 is 23.2 Å². The third-order valence-electron chi connectivity index (χ3n) is 3.55. The van der Waals surface area contributed by atoms with Crippen LogP contribution in [0, 0.1) is 0 Å². The molecule has 140 valence electrons. The molecule has 2 aromatic carbocycles. The fraction of sp³-hybridized carbons (Fsp3) is 0.0588. The lowest BCUT2D eigenvalue weighted by atomic mass is 10.1. The highest BCUT2D eigenvalue weighted by Gasteiger charge is 2.33. The van der Waals surface area contributed by atoms with Crippen LogP contribution < -0.4 is 16.4 Å². The first kappa shape index (κ1) is 19.1. The minimum atomic E-state index is -4.52. The number of hydrogen-bond donors (Lipinski definition) is 3. The third-order valence-corrected chi connectivity index (χ3v) is 4.29. The fourth-order valence-electron chi connectivity index (χ4n) is 2.27. The van der Waals surface area contributed by atoms with E-state index < -0.39 is 11.7 Å². The summed E-state index contributed by atoms with van der Waals surface area (Å²) in [6.45, 7) is 0. The van der Waals surface area contributed by atoms with Crippen LogP contribution in [-0.2, 0) is 6.18 Å². The van der Waals surface area contributed by atoms with Gasteiger partial charge < -0.3 is 16.4 Å². The van der Waals surface area contributed by atoms with Crippen LogP contribution in [0.15, 0.2) is 48.8 Å². The molecule has 27 heavy (non-hydrogen) atoms. The van der Waals surface area contributed by atoms with Gasteiger partial charge in [-0.05, 0) is 30.3 Å². The fourth-order valence-corrected chi connectivity index (χ4v) is 2.57. The van der Waals surface area contributed by atoms with Crippen LogP contribution in [0.2, 0.25) is 10.0 Å². The molecule has 4 N–H and O–H groups in total. The van der Waals surface area contributed by atoms with E-state index in [1.807, 2.05) is 0 Å². The van der Waals surface area contributed by atoms with Gasteiger partial charge >= 0.3 is 6.18 Å². The number of aromatic nitrogens is 2. The van der Waals surface area contributed by atoms with E-state index in [9.17, 15) is 13.2 Å². The van der Waals surface area contributed by atoms with Crippen LogP contribution in [0.25, 0.3) is 0 Å². The van der Waals surface area contributed by atoms with Gasteiger partial charge in [-0.25, -0.2) is 9.97 Å². The zero-order valence-electron chi connectivity index (χ0n) is 13.5. The van der Waals surface area contributed by atoms with E-state index in [1.165, 1.54) is 24.5 Å². The number of para-hydroxylation sites is 1. The minimum Gasteiger partial charge on any atom is -0.393 e. The van der Waals surface area contributed by atoms with Gasteiger partial charge in [-0.15, -0.1) is 0 Å². The number of rotatable bonds is 4. The number of benzene rings is 2. The average molecular weight is 414 g/mol. The minimum absolute atomic E-state index is 0.0317. The third kappa shape index (κ3) is 4.35. The Kier molecular flexibility index (Phi) is 5.29. The molecule has 10 heteroatoms. The van der Waals surface area contributed by atoms with Crippen LogP contribution in [0.3, 0.4) is 0 Å². The lowest BCUT2D eigenvalue weighted by Gasteiger charge is -2.16. The van der Waals surface area contributed by atoms with Gasteiger partial charge in [0.1, 0.15) is 12.0 Å². The molecule has 0 spiro atoms. The monoisotopic (exact) mass is 413 g/mol. The molecule has 0 saturated heterocycles. The Morgan fingerprint density at radius 1 is 0.889 bits per heavy atom.